The van der Waals surface area contributed by atoms with E-state index in [1.165, 1.54) is 10.8 Å². The Bertz CT molecular complexity index is 1230. The molecule has 1 aromatic heterocycles. The maximum Gasteiger partial charge on any atom is 0.303 e. The van der Waals surface area contributed by atoms with Crippen LogP contribution in [0.5, 0.6) is 17.2 Å². The maximum atomic E-state index is 14.9. The van der Waals surface area contributed by atoms with Crippen molar-refractivity contribution < 1.29 is 40.7 Å². The Labute approximate surface area is 197 Å². The van der Waals surface area contributed by atoms with Crippen LogP contribution < -0.4 is 19.1 Å². The second-order valence-electron chi connectivity index (χ2n) is 7.22. The van der Waals surface area contributed by atoms with Gasteiger partial charge in [-0.25, -0.2) is 22.9 Å². The number of alkyl halides is 1. The molecule has 0 saturated carbocycles. The molecule has 2 heterocycles. The predicted molar refractivity (Wildman–Crippen MR) is 114 cm³/mol. The Balaban J connectivity index is 1.94. The van der Waals surface area contributed by atoms with Gasteiger partial charge in [0.25, 0.3) is 12.4 Å². The second kappa shape index (κ2) is 10.0. The van der Waals surface area contributed by atoms with Gasteiger partial charge in [0.2, 0.25) is 11.5 Å². The Morgan fingerprint density at radius 1 is 1.32 bits per heavy atom. The largest absolute Gasteiger partial charge is 0.449 e. The number of hydrogen-bond acceptors (Lipinski definition) is 8. The van der Waals surface area contributed by atoms with Gasteiger partial charge in [0, 0.05) is 26.7 Å². The molecule has 1 aliphatic heterocycles. The van der Waals surface area contributed by atoms with E-state index >= 15 is 0 Å². The molecule has 1 N–H and O–H groups in total. The van der Waals surface area contributed by atoms with Crippen LogP contribution in [0, 0.1) is 11.6 Å². The summed E-state index contributed by atoms with van der Waals surface area (Å²) in [6.45, 7) is 0.244. The number of halogens is 4. The topological polar surface area (TPSA) is 118 Å². The fourth-order valence-corrected chi connectivity index (χ4v) is 3.80. The average Bonchev–Trinajstić information content (AvgIpc) is 3.18. The highest BCUT2D eigenvalue weighted by Gasteiger charge is 2.29. The molecule has 1 saturated heterocycles. The van der Waals surface area contributed by atoms with Gasteiger partial charge in [0.15, 0.2) is 11.6 Å². The summed E-state index contributed by atoms with van der Waals surface area (Å²) in [5, 5.41) is 0.0372. The fourth-order valence-electron chi connectivity index (χ4n) is 2.99. The minimum atomic E-state index is -4.33. The summed E-state index contributed by atoms with van der Waals surface area (Å²) >= 11 is 6.17. The molecule has 1 fully saturated rings. The quantitative estimate of drug-likeness (QED) is 0.525. The third-order valence-corrected chi connectivity index (χ3v) is 6.37. The van der Waals surface area contributed by atoms with E-state index in [0.29, 0.717) is 23.3 Å². The fraction of sp³-hybridized carbons (Fsp3) is 0.316. The van der Waals surface area contributed by atoms with Gasteiger partial charge in [-0.1, -0.05) is 11.6 Å². The maximum absolute atomic E-state index is 14.9. The van der Waals surface area contributed by atoms with Crippen molar-refractivity contribution in [3.8, 4) is 17.2 Å². The van der Waals surface area contributed by atoms with Crippen molar-refractivity contribution in [1.82, 2.24) is 14.0 Å². The molecule has 0 bridgehead atoms. The molecule has 3 rings (SSSR count). The number of pyridine rings is 1. The van der Waals surface area contributed by atoms with Crippen molar-refractivity contribution >= 4 is 40.0 Å². The van der Waals surface area contributed by atoms with Crippen molar-refractivity contribution in [2.75, 3.05) is 32.1 Å². The molecule has 1 unspecified atom stereocenters. The zero-order valence-corrected chi connectivity index (χ0v) is 19.3. The van der Waals surface area contributed by atoms with Crippen LogP contribution in [0.4, 0.5) is 19.0 Å². The summed E-state index contributed by atoms with van der Waals surface area (Å²) in [5.74, 6) is -6.39. The Morgan fingerprint density at radius 3 is 2.59 bits per heavy atom. The molecule has 2 aromatic rings. The summed E-state index contributed by atoms with van der Waals surface area (Å²) in [5.41, 5.74) is -1.06. The molecule has 0 aliphatic carbocycles. The van der Waals surface area contributed by atoms with Gasteiger partial charge >= 0.3 is 10.2 Å². The first-order valence-electron chi connectivity index (χ1n) is 9.54. The highest BCUT2D eigenvalue weighted by Crippen LogP contribution is 2.39. The number of benzene rings is 1. The first-order valence-corrected chi connectivity index (χ1v) is 11.4. The van der Waals surface area contributed by atoms with Crippen LogP contribution >= 0.6 is 11.6 Å². The molecule has 0 spiro atoms. The SMILES string of the molecule is CN(C)S(=O)(=O)NC(=O)c1cc(F)c(Oc2cnc(N3CCC(F)C3)c(Cl)c2)c(OC=O)c1F. The lowest BCUT2D eigenvalue weighted by Gasteiger charge is -2.19. The van der Waals surface area contributed by atoms with Crippen molar-refractivity contribution in [2.45, 2.75) is 12.6 Å². The van der Waals surface area contributed by atoms with Crippen LogP contribution in [0.15, 0.2) is 18.3 Å². The van der Waals surface area contributed by atoms with E-state index in [-0.39, 0.29) is 29.6 Å². The predicted octanol–water partition coefficient (Wildman–Crippen LogP) is 2.43. The minimum Gasteiger partial charge on any atom is -0.449 e. The highest BCUT2D eigenvalue weighted by atomic mass is 35.5. The van der Waals surface area contributed by atoms with Gasteiger partial charge in [-0.05, 0) is 12.5 Å². The van der Waals surface area contributed by atoms with E-state index in [4.69, 9.17) is 16.3 Å². The van der Waals surface area contributed by atoms with E-state index in [9.17, 15) is 31.2 Å². The first-order chi connectivity index (χ1) is 15.9. The molecule has 1 amide bonds. The minimum absolute atomic E-state index is 0.0372. The molecule has 184 valence electrons. The second-order valence-corrected chi connectivity index (χ2v) is 9.51. The number of ether oxygens (including phenoxy) is 2. The zero-order valence-electron chi connectivity index (χ0n) is 17.7. The zero-order chi connectivity index (χ0) is 25.2. The number of anilines is 1. The van der Waals surface area contributed by atoms with Gasteiger partial charge in [-0.15, -0.1) is 0 Å². The first kappa shape index (κ1) is 25.5. The molecule has 1 atom stereocenters. The molecule has 0 radical (unpaired) electrons. The number of rotatable bonds is 8. The summed E-state index contributed by atoms with van der Waals surface area (Å²) < 4.78 is 78.7. The van der Waals surface area contributed by atoms with E-state index in [2.05, 4.69) is 9.72 Å². The summed E-state index contributed by atoms with van der Waals surface area (Å²) in [6, 6.07) is 1.58. The Kier molecular flexibility index (Phi) is 7.53. The van der Waals surface area contributed by atoms with Crippen LogP contribution in [0.25, 0.3) is 0 Å². The number of nitrogens with one attached hydrogen (secondary N) is 1. The molecule has 1 aromatic carbocycles. The van der Waals surface area contributed by atoms with Gasteiger partial charge in [0.1, 0.15) is 17.7 Å². The van der Waals surface area contributed by atoms with Crippen molar-refractivity contribution in [1.29, 1.82) is 0 Å². The Hall–Kier alpha value is -3.10. The van der Waals surface area contributed by atoms with Gasteiger partial charge in [-0.3, -0.25) is 9.59 Å². The lowest BCUT2D eigenvalue weighted by molar-refractivity contribution is -0.121. The van der Waals surface area contributed by atoms with E-state index < -0.39 is 51.0 Å². The van der Waals surface area contributed by atoms with Crippen molar-refractivity contribution in [3.63, 3.8) is 0 Å². The number of carbonyl (C=O) groups is 2. The van der Waals surface area contributed by atoms with Crippen LogP contribution in [-0.2, 0) is 15.0 Å². The standard InChI is InChI=1S/C19H18ClF3N4O6S/c1-26(2)34(30,31)25-19(29)12-6-14(22)16(17(15(12)23)32-9-28)33-11-5-13(20)18(24-7-11)27-4-3-10(21)8-27/h5-7,9-10H,3-4,8H2,1-2H3,(H,25,29). The summed E-state index contributed by atoms with van der Waals surface area (Å²) in [4.78, 5) is 28.8. The number of hydrogen-bond donors (Lipinski definition) is 1. The third kappa shape index (κ3) is 5.34. The smallest absolute Gasteiger partial charge is 0.303 e. The number of aromatic nitrogens is 1. The molecule has 10 nitrogen and oxygen atoms in total. The van der Waals surface area contributed by atoms with Crippen LogP contribution in [0.2, 0.25) is 5.02 Å². The average molecular weight is 523 g/mol. The number of carbonyl (C=O) groups excluding carboxylic acids is 2. The summed E-state index contributed by atoms with van der Waals surface area (Å²) in [7, 11) is -2.11. The Morgan fingerprint density at radius 2 is 2.03 bits per heavy atom. The van der Waals surface area contributed by atoms with E-state index in [1.807, 2.05) is 0 Å². The van der Waals surface area contributed by atoms with Gasteiger partial charge in [0.05, 0.1) is 23.3 Å². The molecule has 1 aliphatic rings. The van der Waals surface area contributed by atoms with Crippen LogP contribution in [-0.4, -0.2) is 63.4 Å². The number of nitrogens with zero attached hydrogens (tertiary/aromatic N) is 3. The lowest BCUT2D eigenvalue weighted by Crippen LogP contribution is -2.39. The van der Waals surface area contributed by atoms with E-state index in [0.717, 1.165) is 20.3 Å². The lowest BCUT2D eigenvalue weighted by atomic mass is 10.1. The highest BCUT2D eigenvalue weighted by molar-refractivity contribution is 7.87. The molecule has 34 heavy (non-hydrogen) atoms. The van der Waals surface area contributed by atoms with Crippen LogP contribution in [0.3, 0.4) is 0 Å². The molecular formula is C19H18ClF3N4O6S. The number of amides is 1. The van der Waals surface area contributed by atoms with Crippen LogP contribution in [0.1, 0.15) is 16.8 Å². The van der Waals surface area contributed by atoms with E-state index in [1.54, 1.807) is 4.90 Å². The molecule has 15 heteroatoms. The van der Waals surface area contributed by atoms with Gasteiger partial charge < -0.3 is 14.4 Å². The summed E-state index contributed by atoms with van der Waals surface area (Å²) in [6.07, 6.45) is 0.388. The third-order valence-electron chi connectivity index (χ3n) is 4.69. The van der Waals surface area contributed by atoms with Crippen molar-refractivity contribution in [3.05, 3.63) is 40.6 Å². The molecular weight excluding hydrogens is 505 g/mol. The monoisotopic (exact) mass is 522 g/mol. The van der Waals surface area contributed by atoms with Crippen molar-refractivity contribution in [2.24, 2.45) is 0 Å². The normalized spacial score (nSPS) is 16.0. The van der Waals surface area contributed by atoms with Gasteiger partial charge in [-0.2, -0.15) is 12.7 Å².